The standard InChI is InChI=1S/C15H31NO/c1-2-3-4-5-6-7-8-9-15(13-17)16-12-14-10-11-14/h14-17H,2-13H2,1H3. The first-order valence-corrected chi connectivity index (χ1v) is 7.71. The van der Waals surface area contributed by atoms with Gasteiger partial charge >= 0.3 is 0 Å². The van der Waals surface area contributed by atoms with Gasteiger partial charge in [-0.1, -0.05) is 51.9 Å². The van der Waals surface area contributed by atoms with Gasteiger partial charge in [0.25, 0.3) is 0 Å². The van der Waals surface area contributed by atoms with Crippen molar-refractivity contribution in [3.63, 3.8) is 0 Å². The first-order valence-electron chi connectivity index (χ1n) is 7.71. The fourth-order valence-electron chi connectivity index (χ4n) is 2.26. The molecular formula is C15H31NO. The molecule has 0 bridgehead atoms. The van der Waals surface area contributed by atoms with Crippen molar-refractivity contribution in [3.05, 3.63) is 0 Å². The van der Waals surface area contributed by atoms with Crippen molar-refractivity contribution in [2.24, 2.45) is 5.92 Å². The molecule has 0 aromatic rings. The molecule has 0 aliphatic heterocycles. The van der Waals surface area contributed by atoms with Crippen molar-refractivity contribution in [1.82, 2.24) is 5.32 Å². The van der Waals surface area contributed by atoms with Gasteiger partial charge < -0.3 is 10.4 Å². The summed E-state index contributed by atoms with van der Waals surface area (Å²) in [7, 11) is 0. The minimum atomic E-state index is 0.308. The molecule has 1 saturated carbocycles. The van der Waals surface area contributed by atoms with Gasteiger partial charge in [-0.2, -0.15) is 0 Å². The molecule has 1 atom stereocenters. The van der Waals surface area contributed by atoms with E-state index in [2.05, 4.69) is 12.2 Å². The molecule has 1 fully saturated rings. The van der Waals surface area contributed by atoms with E-state index >= 15 is 0 Å². The summed E-state index contributed by atoms with van der Waals surface area (Å²) in [4.78, 5) is 0. The van der Waals surface area contributed by atoms with Crippen molar-refractivity contribution in [2.75, 3.05) is 13.2 Å². The Morgan fingerprint density at radius 2 is 1.71 bits per heavy atom. The van der Waals surface area contributed by atoms with E-state index in [-0.39, 0.29) is 0 Å². The minimum absolute atomic E-state index is 0.308. The normalized spacial score (nSPS) is 17.3. The largest absolute Gasteiger partial charge is 0.395 e. The van der Waals surface area contributed by atoms with Crippen LogP contribution in [0.2, 0.25) is 0 Å². The summed E-state index contributed by atoms with van der Waals surface area (Å²) < 4.78 is 0. The van der Waals surface area contributed by atoms with Gasteiger partial charge in [-0.3, -0.25) is 0 Å². The summed E-state index contributed by atoms with van der Waals surface area (Å²) in [5.41, 5.74) is 0. The molecule has 1 unspecified atom stereocenters. The third-order valence-electron chi connectivity index (χ3n) is 3.77. The average Bonchev–Trinajstić information content (AvgIpc) is 3.16. The van der Waals surface area contributed by atoms with E-state index in [1.807, 2.05) is 0 Å². The second kappa shape index (κ2) is 9.90. The first-order chi connectivity index (χ1) is 8.36. The third kappa shape index (κ3) is 8.62. The number of unbranched alkanes of at least 4 members (excludes halogenated alkanes) is 6. The Kier molecular flexibility index (Phi) is 8.72. The first kappa shape index (κ1) is 15.0. The predicted molar refractivity (Wildman–Crippen MR) is 74.2 cm³/mol. The fourth-order valence-corrected chi connectivity index (χ4v) is 2.26. The van der Waals surface area contributed by atoms with Crippen LogP contribution in [-0.2, 0) is 0 Å². The lowest BCUT2D eigenvalue weighted by molar-refractivity contribution is 0.231. The Morgan fingerprint density at radius 3 is 2.29 bits per heavy atom. The molecule has 0 saturated heterocycles. The summed E-state index contributed by atoms with van der Waals surface area (Å²) in [6, 6.07) is 0.353. The molecule has 0 spiro atoms. The van der Waals surface area contributed by atoms with Crippen molar-refractivity contribution < 1.29 is 5.11 Å². The number of aliphatic hydroxyl groups excluding tert-OH is 1. The molecule has 1 aliphatic carbocycles. The van der Waals surface area contributed by atoms with E-state index in [1.54, 1.807) is 0 Å². The number of hydrogen-bond acceptors (Lipinski definition) is 2. The maximum absolute atomic E-state index is 9.27. The Balaban J connectivity index is 1.84. The van der Waals surface area contributed by atoms with E-state index in [0.717, 1.165) is 18.9 Å². The van der Waals surface area contributed by atoms with Gasteiger partial charge in [0.1, 0.15) is 0 Å². The molecule has 102 valence electrons. The lowest BCUT2D eigenvalue weighted by atomic mass is 10.1. The smallest absolute Gasteiger partial charge is 0.0584 e. The van der Waals surface area contributed by atoms with Crippen LogP contribution in [0.4, 0.5) is 0 Å². The van der Waals surface area contributed by atoms with Crippen LogP contribution in [0.25, 0.3) is 0 Å². The number of hydrogen-bond donors (Lipinski definition) is 2. The maximum Gasteiger partial charge on any atom is 0.0584 e. The zero-order valence-corrected chi connectivity index (χ0v) is 11.6. The van der Waals surface area contributed by atoms with Crippen LogP contribution >= 0.6 is 0 Å². The van der Waals surface area contributed by atoms with Crippen LogP contribution in [-0.4, -0.2) is 24.3 Å². The molecule has 0 aromatic heterocycles. The van der Waals surface area contributed by atoms with Gasteiger partial charge in [0.05, 0.1) is 6.61 Å². The van der Waals surface area contributed by atoms with Crippen LogP contribution in [0.1, 0.15) is 71.1 Å². The molecule has 0 radical (unpaired) electrons. The highest BCUT2D eigenvalue weighted by Gasteiger charge is 2.21. The summed E-state index contributed by atoms with van der Waals surface area (Å²) in [5, 5.41) is 12.8. The number of aliphatic hydroxyl groups is 1. The molecule has 0 aromatic carbocycles. The van der Waals surface area contributed by atoms with Crippen molar-refractivity contribution >= 4 is 0 Å². The molecule has 0 amide bonds. The van der Waals surface area contributed by atoms with Crippen LogP contribution in [0.5, 0.6) is 0 Å². The second-order valence-electron chi connectivity index (χ2n) is 5.64. The third-order valence-corrected chi connectivity index (χ3v) is 3.77. The van der Waals surface area contributed by atoms with E-state index in [4.69, 9.17) is 0 Å². The van der Waals surface area contributed by atoms with Gasteiger partial charge in [-0.15, -0.1) is 0 Å². The molecule has 0 heterocycles. The number of nitrogens with one attached hydrogen (secondary N) is 1. The summed E-state index contributed by atoms with van der Waals surface area (Å²) >= 11 is 0. The lowest BCUT2D eigenvalue weighted by Gasteiger charge is -2.15. The van der Waals surface area contributed by atoms with Crippen LogP contribution < -0.4 is 5.32 Å². The topological polar surface area (TPSA) is 32.3 Å². The number of rotatable bonds is 12. The molecule has 17 heavy (non-hydrogen) atoms. The summed E-state index contributed by atoms with van der Waals surface area (Å²) in [6.07, 6.45) is 13.4. The minimum Gasteiger partial charge on any atom is -0.395 e. The Labute approximate surface area is 107 Å². The van der Waals surface area contributed by atoms with Gasteiger partial charge in [0, 0.05) is 6.04 Å². The van der Waals surface area contributed by atoms with Gasteiger partial charge in [0.15, 0.2) is 0 Å². The zero-order valence-electron chi connectivity index (χ0n) is 11.6. The SMILES string of the molecule is CCCCCCCCCC(CO)NCC1CC1. The molecule has 2 nitrogen and oxygen atoms in total. The van der Waals surface area contributed by atoms with E-state index in [0.29, 0.717) is 12.6 Å². The van der Waals surface area contributed by atoms with Gasteiger partial charge in [-0.05, 0) is 31.7 Å². The van der Waals surface area contributed by atoms with Crippen molar-refractivity contribution in [3.8, 4) is 0 Å². The van der Waals surface area contributed by atoms with E-state index in [1.165, 1.54) is 57.8 Å². The molecule has 1 aliphatic rings. The van der Waals surface area contributed by atoms with Gasteiger partial charge in [0.2, 0.25) is 0 Å². The summed E-state index contributed by atoms with van der Waals surface area (Å²) in [6.45, 7) is 3.70. The molecule has 1 rings (SSSR count). The molecule has 2 heteroatoms. The van der Waals surface area contributed by atoms with E-state index < -0.39 is 0 Å². The quantitative estimate of drug-likeness (QED) is 0.513. The second-order valence-corrected chi connectivity index (χ2v) is 5.64. The molecule has 2 N–H and O–H groups in total. The van der Waals surface area contributed by atoms with E-state index in [9.17, 15) is 5.11 Å². The zero-order chi connectivity index (χ0) is 12.3. The highest BCUT2D eigenvalue weighted by atomic mass is 16.3. The highest BCUT2D eigenvalue weighted by Crippen LogP contribution is 2.27. The van der Waals surface area contributed by atoms with Crippen molar-refractivity contribution in [1.29, 1.82) is 0 Å². The monoisotopic (exact) mass is 241 g/mol. The summed E-state index contributed by atoms with van der Waals surface area (Å²) in [5.74, 6) is 0.915. The van der Waals surface area contributed by atoms with Crippen molar-refractivity contribution in [2.45, 2.75) is 77.2 Å². The maximum atomic E-state index is 9.27. The lowest BCUT2D eigenvalue weighted by Crippen LogP contribution is -2.33. The Morgan fingerprint density at radius 1 is 1.06 bits per heavy atom. The average molecular weight is 241 g/mol. The Hall–Kier alpha value is -0.0800. The van der Waals surface area contributed by atoms with Gasteiger partial charge in [-0.25, -0.2) is 0 Å². The highest BCUT2D eigenvalue weighted by molar-refractivity contribution is 4.77. The van der Waals surface area contributed by atoms with Crippen LogP contribution in [0, 0.1) is 5.92 Å². The van der Waals surface area contributed by atoms with Crippen LogP contribution in [0.15, 0.2) is 0 Å². The van der Waals surface area contributed by atoms with Crippen LogP contribution in [0.3, 0.4) is 0 Å². The molecular weight excluding hydrogens is 210 g/mol. The predicted octanol–water partition coefficient (Wildman–Crippen LogP) is 3.49. The fraction of sp³-hybridized carbons (Fsp3) is 1.00. The Bertz CT molecular complexity index is 168.